The quantitative estimate of drug-likeness (QED) is 0.140. The average molecular weight is 610 g/mol. The number of aromatic nitrogens is 1. The second-order valence-electron chi connectivity index (χ2n) is 13.3. The fourth-order valence-electron chi connectivity index (χ4n) is 8.05. The molecule has 2 amide bonds. The number of allylic oxidation sites excluding steroid dienone is 2. The number of nitrogens with one attached hydrogen (secondary N) is 3. The van der Waals surface area contributed by atoms with Gasteiger partial charge in [0.15, 0.2) is 0 Å². The summed E-state index contributed by atoms with van der Waals surface area (Å²) in [5, 5.41) is 7.20. The molecule has 4 aliphatic rings. The Bertz CT molecular complexity index is 1550. The second-order valence-corrected chi connectivity index (χ2v) is 13.3. The highest BCUT2D eigenvalue weighted by Crippen LogP contribution is 2.54. The van der Waals surface area contributed by atoms with Crippen LogP contribution in [0.4, 0.5) is 4.79 Å². The van der Waals surface area contributed by atoms with E-state index in [1.54, 1.807) is 19.1 Å². The van der Waals surface area contributed by atoms with E-state index in [0.29, 0.717) is 18.3 Å². The minimum Gasteiger partial charge on any atom is -0.466 e. The number of H-pyrrole nitrogens is 1. The van der Waals surface area contributed by atoms with Crippen LogP contribution >= 0.6 is 0 Å². The molecule has 8 nitrogen and oxygen atoms in total. The van der Waals surface area contributed by atoms with Crippen LogP contribution in [0.3, 0.4) is 0 Å². The number of para-hydroxylation sites is 1. The lowest BCUT2D eigenvalue weighted by Crippen LogP contribution is -2.61. The van der Waals surface area contributed by atoms with Crippen molar-refractivity contribution in [3.8, 4) is 0 Å². The van der Waals surface area contributed by atoms with E-state index >= 15 is 0 Å². The summed E-state index contributed by atoms with van der Waals surface area (Å²) < 4.78 is 10.9. The second kappa shape index (κ2) is 13.3. The number of rotatable bonds is 11. The van der Waals surface area contributed by atoms with Gasteiger partial charge in [-0.05, 0) is 86.3 Å². The van der Waals surface area contributed by atoms with Crippen LogP contribution < -0.4 is 10.6 Å². The molecule has 2 aromatic carbocycles. The van der Waals surface area contributed by atoms with E-state index in [1.807, 2.05) is 66.9 Å². The minimum atomic E-state index is -1.31. The molecule has 4 bridgehead atoms. The number of aromatic amines is 1. The number of esters is 1. The van der Waals surface area contributed by atoms with Gasteiger partial charge in [0.1, 0.15) is 11.6 Å². The summed E-state index contributed by atoms with van der Waals surface area (Å²) in [7, 11) is 1.32. The molecule has 1 heterocycles. The number of benzene rings is 2. The molecular formula is C37H43N3O5. The molecule has 4 saturated carbocycles. The summed E-state index contributed by atoms with van der Waals surface area (Å²) in [5.74, 6) is 1.59. The number of hydrogen-bond acceptors (Lipinski definition) is 5. The molecule has 0 spiro atoms. The first-order chi connectivity index (χ1) is 21.8. The molecule has 0 saturated heterocycles. The van der Waals surface area contributed by atoms with Gasteiger partial charge in [-0.1, -0.05) is 66.8 Å². The van der Waals surface area contributed by atoms with Crippen LogP contribution in [0, 0.1) is 23.7 Å². The van der Waals surface area contributed by atoms with Gasteiger partial charge in [0.25, 0.3) is 0 Å². The van der Waals surface area contributed by atoms with Crippen molar-refractivity contribution in [3.63, 3.8) is 0 Å². The van der Waals surface area contributed by atoms with Gasteiger partial charge >= 0.3 is 12.1 Å². The fourth-order valence-corrected chi connectivity index (χ4v) is 8.05. The van der Waals surface area contributed by atoms with E-state index in [9.17, 15) is 14.4 Å². The normalized spacial score (nSPS) is 25.7. The molecule has 8 heteroatoms. The van der Waals surface area contributed by atoms with Gasteiger partial charge in [-0.2, -0.15) is 0 Å². The molecule has 0 unspecified atom stereocenters. The summed E-state index contributed by atoms with van der Waals surface area (Å²) >= 11 is 0. The summed E-state index contributed by atoms with van der Waals surface area (Å²) in [5.41, 5.74) is 1.62. The van der Waals surface area contributed by atoms with Gasteiger partial charge in [-0.15, -0.1) is 0 Å². The zero-order chi connectivity index (χ0) is 31.4. The van der Waals surface area contributed by atoms with E-state index in [-0.39, 0.29) is 18.4 Å². The van der Waals surface area contributed by atoms with Crippen LogP contribution in [-0.2, 0) is 31.9 Å². The largest absolute Gasteiger partial charge is 0.466 e. The molecular weight excluding hydrogens is 566 g/mol. The van der Waals surface area contributed by atoms with Gasteiger partial charge in [-0.25, -0.2) is 9.59 Å². The zero-order valence-electron chi connectivity index (χ0n) is 26.0. The number of fused-ring (bicyclic) bond motifs is 1. The van der Waals surface area contributed by atoms with E-state index in [2.05, 4.69) is 20.4 Å². The molecule has 1 aromatic heterocycles. The molecule has 7 rings (SSSR count). The number of carbonyl (C=O) groups is 3. The summed E-state index contributed by atoms with van der Waals surface area (Å²) in [6.07, 6.45) is 14.4. The van der Waals surface area contributed by atoms with Crippen molar-refractivity contribution in [2.24, 2.45) is 23.7 Å². The van der Waals surface area contributed by atoms with E-state index in [1.165, 1.54) is 19.6 Å². The summed E-state index contributed by atoms with van der Waals surface area (Å²) in [6.45, 7) is 1.77. The molecule has 3 aromatic rings. The number of methoxy groups -OCH3 is 1. The van der Waals surface area contributed by atoms with Crippen molar-refractivity contribution in [3.05, 3.63) is 96.2 Å². The Kier molecular flexibility index (Phi) is 9.10. The zero-order valence-corrected chi connectivity index (χ0v) is 26.0. The predicted octanol–water partition coefficient (Wildman–Crippen LogP) is 6.03. The highest BCUT2D eigenvalue weighted by atomic mass is 16.6. The van der Waals surface area contributed by atoms with Crippen LogP contribution in [0.5, 0.6) is 0 Å². The van der Waals surface area contributed by atoms with Crippen molar-refractivity contribution in [2.75, 3.05) is 7.11 Å². The van der Waals surface area contributed by atoms with Crippen LogP contribution in [-0.4, -0.2) is 47.7 Å². The van der Waals surface area contributed by atoms with Crippen molar-refractivity contribution >= 4 is 28.9 Å². The van der Waals surface area contributed by atoms with Crippen molar-refractivity contribution < 1.29 is 23.9 Å². The van der Waals surface area contributed by atoms with Crippen LogP contribution in [0.1, 0.15) is 50.2 Å². The van der Waals surface area contributed by atoms with Crippen molar-refractivity contribution in [1.29, 1.82) is 0 Å². The van der Waals surface area contributed by atoms with Crippen LogP contribution in [0.2, 0.25) is 0 Å². The maximum absolute atomic E-state index is 14.3. The number of hydrogen-bond donors (Lipinski definition) is 3. The maximum atomic E-state index is 14.3. The first-order valence-electron chi connectivity index (χ1n) is 16.1. The third-order valence-corrected chi connectivity index (χ3v) is 9.98. The van der Waals surface area contributed by atoms with Crippen LogP contribution in [0.25, 0.3) is 10.9 Å². The summed E-state index contributed by atoms with van der Waals surface area (Å²) in [6, 6.07) is 17.4. The maximum Gasteiger partial charge on any atom is 0.408 e. The number of carbonyl (C=O) groups excluding carboxylic acids is 3. The molecule has 4 fully saturated rings. The molecule has 0 radical (unpaired) electrons. The lowest BCUT2D eigenvalue weighted by atomic mass is 9.55. The fraction of sp³-hybridized carbons (Fsp3) is 0.432. The topological polar surface area (TPSA) is 110 Å². The third-order valence-electron chi connectivity index (χ3n) is 9.98. The minimum absolute atomic E-state index is 0.0893. The molecule has 4 aliphatic carbocycles. The Morgan fingerprint density at radius 1 is 0.956 bits per heavy atom. The Labute approximate surface area is 264 Å². The monoisotopic (exact) mass is 609 g/mol. The molecule has 2 atom stereocenters. The van der Waals surface area contributed by atoms with Crippen molar-refractivity contribution in [1.82, 2.24) is 15.6 Å². The highest BCUT2D eigenvalue weighted by Gasteiger charge is 2.50. The Morgan fingerprint density at radius 3 is 2.36 bits per heavy atom. The van der Waals surface area contributed by atoms with Gasteiger partial charge in [-0.3, -0.25) is 4.79 Å². The molecule has 236 valence electrons. The lowest BCUT2D eigenvalue weighted by molar-refractivity contribution is -0.134. The van der Waals surface area contributed by atoms with Gasteiger partial charge in [0, 0.05) is 29.6 Å². The Morgan fingerprint density at radius 2 is 1.64 bits per heavy atom. The lowest BCUT2D eigenvalue weighted by Gasteiger charge is -2.53. The van der Waals surface area contributed by atoms with Gasteiger partial charge < -0.3 is 25.1 Å². The number of alkyl carbamates (subject to hydrolysis) is 1. The Hall–Kier alpha value is -4.33. The smallest absolute Gasteiger partial charge is 0.408 e. The van der Waals surface area contributed by atoms with E-state index < -0.39 is 23.6 Å². The number of ether oxygens (including phenoxy) is 2. The summed E-state index contributed by atoms with van der Waals surface area (Å²) in [4.78, 5) is 42.8. The van der Waals surface area contributed by atoms with Crippen molar-refractivity contribution in [2.45, 2.75) is 69.6 Å². The predicted molar refractivity (Wildman–Crippen MR) is 173 cm³/mol. The number of amides is 2. The molecule has 45 heavy (non-hydrogen) atoms. The molecule has 0 aliphatic heterocycles. The average Bonchev–Trinajstić information content (AvgIpc) is 3.43. The third kappa shape index (κ3) is 7.16. The van der Waals surface area contributed by atoms with Gasteiger partial charge in [0.05, 0.1) is 13.2 Å². The highest BCUT2D eigenvalue weighted by molar-refractivity contribution is 5.92. The molecule has 3 N–H and O–H groups in total. The van der Waals surface area contributed by atoms with E-state index in [4.69, 9.17) is 4.74 Å². The SMILES string of the molecule is COC(=O)/C=C/C=C/[C@H](Cc1ccccc1)NC(=O)[C@@](C)(Cc1c[nH]c2ccccc12)NC(=O)OC1C2CC3CC(C2)CC1C3. The first kappa shape index (κ1) is 30.7. The van der Waals surface area contributed by atoms with Gasteiger partial charge in [0.2, 0.25) is 5.91 Å². The van der Waals surface area contributed by atoms with E-state index in [0.717, 1.165) is 59.5 Å². The van der Waals surface area contributed by atoms with Crippen LogP contribution in [0.15, 0.2) is 85.1 Å². The Balaban J connectivity index is 1.23. The first-order valence-corrected chi connectivity index (χ1v) is 16.1. The standard InChI is InChI=1S/C37H43N3O5/c1-37(22-29-23-38-32-14-8-7-13-31(29)32,40-36(43)45-34-27-17-25-16-26(19-27)20-28(34)18-25)35(42)39-30(12-6-9-15-33(41)44-2)21-24-10-4-3-5-11-24/h3-15,23,25-28,30,34,38H,16-22H2,1-2H3,(H,39,42)(H,40,43)/b12-6+,15-9+/t25?,26?,27?,28?,30-,34?,37-/m1/s1.